The van der Waals surface area contributed by atoms with E-state index in [2.05, 4.69) is 20.2 Å². The average molecular weight is 211 g/mol. The second-order valence-corrected chi connectivity index (χ2v) is 3.45. The van der Waals surface area contributed by atoms with Crippen LogP contribution in [0.5, 0.6) is 0 Å². The zero-order valence-electron chi connectivity index (χ0n) is 8.69. The Labute approximate surface area is 87.0 Å². The number of anilines is 1. The Balaban J connectivity index is 2.28. The average Bonchev–Trinajstić information content (AvgIpc) is 2.66. The first-order valence-corrected chi connectivity index (χ1v) is 4.69. The third-order valence-electron chi connectivity index (χ3n) is 1.87. The normalized spacial score (nSPS) is 10.3. The molecule has 6 heteroatoms. The summed E-state index contributed by atoms with van der Waals surface area (Å²) in [5.74, 6) is -0.0508. The molecule has 0 atom stereocenters. The summed E-state index contributed by atoms with van der Waals surface area (Å²) in [6.07, 6.45) is 1.69. The Hall–Kier alpha value is -1.72. The van der Waals surface area contributed by atoms with E-state index >= 15 is 0 Å². The van der Waals surface area contributed by atoms with Crippen molar-refractivity contribution in [1.82, 2.24) is 10.4 Å². The molecule has 0 saturated heterocycles. The summed E-state index contributed by atoms with van der Waals surface area (Å²) in [5, 5.41) is 9.03. The molecule has 1 amide bonds. The van der Waals surface area contributed by atoms with E-state index in [0.717, 1.165) is 0 Å². The van der Waals surface area contributed by atoms with Crippen LogP contribution in [-0.2, 0) is 9.59 Å². The number of aromatic nitrogens is 2. The highest BCUT2D eigenvalue weighted by Crippen LogP contribution is 2.05. The van der Waals surface area contributed by atoms with Crippen molar-refractivity contribution in [3.8, 4) is 0 Å². The van der Waals surface area contributed by atoms with Crippen LogP contribution < -0.4 is 5.32 Å². The summed E-state index contributed by atoms with van der Waals surface area (Å²) in [7, 11) is 0. The van der Waals surface area contributed by atoms with E-state index in [1.807, 2.05) is 0 Å². The highest BCUT2D eigenvalue weighted by Gasteiger charge is 2.11. The fourth-order valence-corrected chi connectivity index (χ4v) is 0.948. The molecule has 1 rings (SSSR count). The summed E-state index contributed by atoms with van der Waals surface area (Å²) in [6.45, 7) is 3.61. The van der Waals surface area contributed by atoms with Crippen molar-refractivity contribution in [2.75, 3.05) is 5.32 Å². The lowest BCUT2D eigenvalue weighted by molar-refractivity contribution is -0.124. The van der Waals surface area contributed by atoms with Gasteiger partial charge in [0.05, 0.1) is 0 Å². The largest absolute Gasteiger partial charge is 0.319 e. The number of carbonyl (C=O) groups excluding carboxylic acids is 2. The fraction of sp³-hybridized carbons (Fsp3) is 0.556. The first-order valence-electron chi connectivity index (χ1n) is 4.69. The Morgan fingerprint density at radius 2 is 2.20 bits per heavy atom. The Bertz CT molecular complexity index is 332. The minimum absolute atomic E-state index is 0.0373. The second-order valence-electron chi connectivity index (χ2n) is 3.45. The van der Waals surface area contributed by atoms with Crippen molar-refractivity contribution in [3.05, 3.63) is 6.20 Å². The minimum atomic E-state index is -0.275. The maximum Gasteiger partial charge on any atom is 0.251 e. The predicted molar refractivity (Wildman–Crippen MR) is 52.0 cm³/mol. The highest BCUT2D eigenvalue weighted by molar-refractivity contribution is 5.92. The van der Waals surface area contributed by atoms with Crippen LogP contribution in [0, 0.1) is 5.92 Å². The van der Waals surface area contributed by atoms with Gasteiger partial charge < -0.3 is 4.52 Å². The Morgan fingerprint density at radius 3 is 2.73 bits per heavy atom. The summed E-state index contributed by atoms with van der Waals surface area (Å²) in [6, 6.07) is 0. The van der Waals surface area contributed by atoms with E-state index in [0.29, 0.717) is 0 Å². The lowest BCUT2D eigenvalue weighted by atomic mass is 10.0. The number of rotatable bonds is 5. The van der Waals surface area contributed by atoms with Crippen LogP contribution in [0.4, 0.5) is 5.88 Å². The predicted octanol–water partition coefficient (Wildman–Crippen LogP) is 1.01. The third kappa shape index (κ3) is 3.88. The summed E-state index contributed by atoms with van der Waals surface area (Å²) < 4.78 is 4.58. The molecule has 1 aromatic rings. The second kappa shape index (κ2) is 5.23. The molecule has 0 unspecified atom stereocenters. The van der Waals surface area contributed by atoms with Gasteiger partial charge in [-0.15, -0.1) is 5.10 Å². The molecular formula is C9H13N3O3. The van der Waals surface area contributed by atoms with Crippen molar-refractivity contribution in [2.45, 2.75) is 26.7 Å². The molecular weight excluding hydrogens is 198 g/mol. The number of nitrogens with zero attached hydrogens (tertiary/aromatic N) is 2. The Morgan fingerprint density at radius 1 is 1.47 bits per heavy atom. The number of ketones is 1. The summed E-state index contributed by atoms with van der Waals surface area (Å²) >= 11 is 0. The molecule has 82 valence electrons. The highest BCUT2D eigenvalue weighted by atomic mass is 16.5. The van der Waals surface area contributed by atoms with E-state index in [1.54, 1.807) is 13.8 Å². The molecule has 0 saturated carbocycles. The number of nitrogens with one attached hydrogen (secondary N) is 1. The van der Waals surface area contributed by atoms with Crippen LogP contribution in [0.25, 0.3) is 0 Å². The smallest absolute Gasteiger partial charge is 0.251 e. The van der Waals surface area contributed by atoms with Crippen molar-refractivity contribution in [1.29, 1.82) is 0 Å². The standard InChI is InChI=1S/C9H13N3O3/c1-6(2)7(13)3-4-8(14)11-9-5-10-12-15-9/h5-6H,3-4H2,1-2H3,(H,11,14). The number of hydrogen-bond donors (Lipinski definition) is 1. The van der Waals surface area contributed by atoms with Crippen molar-refractivity contribution >= 4 is 17.6 Å². The van der Waals surface area contributed by atoms with Crippen LogP contribution in [0.2, 0.25) is 0 Å². The molecule has 15 heavy (non-hydrogen) atoms. The number of amides is 1. The fourth-order valence-electron chi connectivity index (χ4n) is 0.948. The quantitative estimate of drug-likeness (QED) is 0.785. The molecule has 0 spiro atoms. The molecule has 0 radical (unpaired) electrons. The van der Waals surface area contributed by atoms with Crippen LogP contribution in [0.1, 0.15) is 26.7 Å². The first-order chi connectivity index (χ1) is 7.09. The van der Waals surface area contributed by atoms with Gasteiger partial charge in [-0.1, -0.05) is 13.8 Å². The Kier molecular flexibility index (Phi) is 3.96. The van der Waals surface area contributed by atoms with Crippen LogP contribution in [0.3, 0.4) is 0 Å². The summed E-state index contributed by atoms with van der Waals surface area (Å²) in [5.41, 5.74) is 0. The lowest BCUT2D eigenvalue weighted by Gasteiger charge is -2.03. The van der Waals surface area contributed by atoms with Gasteiger partial charge in [-0.3, -0.25) is 14.9 Å². The van der Waals surface area contributed by atoms with Gasteiger partial charge in [-0.25, -0.2) is 0 Å². The van der Waals surface area contributed by atoms with Gasteiger partial charge in [0.15, 0.2) is 0 Å². The first kappa shape index (κ1) is 11.4. The van der Waals surface area contributed by atoms with Gasteiger partial charge in [0.2, 0.25) is 5.91 Å². The molecule has 1 heterocycles. The van der Waals surface area contributed by atoms with Crippen LogP contribution in [0.15, 0.2) is 10.7 Å². The number of Topliss-reactive ketones (excluding diaryl/α,β-unsaturated/α-hetero) is 1. The maximum absolute atomic E-state index is 11.3. The molecule has 6 nitrogen and oxygen atoms in total. The zero-order chi connectivity index (χ0) is 11.3. The molecule has 0 fully saturated rings. The molecule has 0 aliphatic carbocycles. The van der Waals surface area contributed by atoms with Gasteiger partial charge >= 0.3 is 0 Å². The van der Waals surface area contributed by atoms with E-state index in [1.165, 1.54) is 6.20 Å². The van der Waals surface area contributed by atoms with Gasteiger partial charge in [0.25, 0.3) is 5.88 Å². The van der Waals surface area contributed by atoms with E-state index < -0.39 is 0 Å². The van der Waals surface area contributed by atoms with E-state index in [-0.39, 0.29) is 36.3 Å². The summed E-state index contributed by atoms with van der Waals surface area (Å²) in [4.78, 5) is 22.5. The van der Waals surface area contributed by atoms with Gasteiger partial charge in [0.1, 0.15) is 12.0 Å². The van der Waals surface area contributed by atoms with E-state index in [9.17, 15) is 9.59 Å². The van der Waals surface area contributed by atoms with Gasteiger partial charge in [0, 0.05) is 24.0 Å². The third-order valence-corrected chi connectivity index (χ3v) is 1.87. The topological polar surface area (TPSA) is 85.1 Å². The molecule has 0 bridgehead atoms. The van der Waals surface area contributed by atoms with E-state index in [4.69, 9.17) is 0 Å². The molecule has 0 aromatic carbocycles. The lowest BCUT2D eigenvalue weighted by Crippen LogP contribution is -2.15. The van der Waals surface area contributed by atoms with Crippen molar-refractivity contribution in [3.63, 3.8) is 0 Å². The number of hydrogen-bond acceptors (Lipinski definition) is 5. The van der Waals surface area contributed by atoms with Crippen LogP contribution >= 0.6 is 0 Å². The van der Waals surface area contributed by atoms with Gasteiger partial charge in [-0.2, -0.15) is 0 Å². The molecule has 0 aliphatic heterocycles. The van der Waals surface area contributed by atoms with Crippen molar-refractivity contribution in [2.24, 2.45) is 5.92 Å². The molecule has 1 aromatic heterocycles. The van der Waals surface area contributed by atoms with Crippen molar-refractivity contribution < 1.29 is 14.1 Å². The number of carbonyl (C=O) groups is 2. The molecule has 0 aliphatic rings. The molecule has 1 N–H and O–H groups in total. The maximum atomic E-state index is 11.3. The SMILES string of the molecule is CC(C)C(=O)CCC(=O)Nc1cnno1. The zero-order valence-corrected chi connectivity index (χ0v) is 8.69. The van der Waals surface area contributed by atoms with Gasteiger partial charge in [-0.05, 0) is 0 Å². The monoisotopic (exact) mass is 211 g/mol. The minimum Gasteiger partial charge on any atom is -0.319 e. The van der Waals surface area contributed by atoms with Crippen LogP contribution in [-0.4, -0.2) is 22.1 Å².